The van der Waals surface area contributed by atoms with Gasteiger partial charge < -0.3 is 19.3 Å². The van der Waals surface area contributed by atoms with Crippen LogP contribution in [0.25, 0.3) is 11.6 Å². The lowest BCUT2D eigenvalue weighted by Crippen LogP contribution is -2.44. The number of morpholine rings is 1. The van der Waals surface area contributed by atoms with Crippen molar-refractivity contribution in [1.82, 2.24) is 24.9 Å². The molecule has 0 amide bonds. The second-order valence-corrected chi connectivity index (χ2v) is 8.51. The van der Waals surface area contributed by atoms with Gasteiger partial charge in [-0.2, -0.15) is 0 Å². The van der Waals surface area contributed by atoms with Gasteiger partial charge in [0.2, 0.25) is 0 Å². The Kier molecular flexibility index (Phi) is 6.15. The molecule has 2 aliphatic rings. The number of hydrogen-bond donors (Lipinski definition) is 0. The maximum absolute atomic E-state index is 5.83. The number of ether oxygens (including phenoxy) is 2. The zero-order valence-electron chi connectivity index (χ0n) is 19.3. The summed E-state index contributed by atoms with van der Waals surface area (Å²) in [5.41, 5.74) is 4.35. The summed E-state index contributed by atoms with van der Waals surface area (Å²) in [6.07, 6.45) is 6.24. The Morgan fingerprint density at radius 3 is 2.76 bits per heavy atom. The Labute approximate surface area is 193 Å². The smallest absolute Gasteiger partial charge is 0.197 e. The average Bonchev–Trinajstić information content (AvgIpc) is 2.84. The first kappa shape index (κ1) is 21.7. The zero-order chi connectivity index (χ0) is 22.8. The van der Waals surface area contributed by atoms with Crippen molar-refractivity contribution in [1.29, 1.82) is 0 Å². The van der Waals surface area contributed by atoms with Crippen molar-refractivity contribution in [2.45, 2.75) is 32.4 Å². The van der Waals surface area contributed by atoms with Gasteiger partial charge in [-0.15, -0.1) is 0 Å². The van der Waals surface area contributed by atoms with E-state index in [1.165, 1.54) is 5.69 Å². The Morgan fingerprint density at radius 1 is 1.09 bits per heavy atom. The second-order valence-electron chi connectivity index (χ2n) is 8.51. The third-order valence-corrected chi connectivity index (χ3v) is 6.25. The van der Waals surface area contributed by atoms with Gasteiger partial charge in [-0.3, -0.25) is 0 Å². The number of nitrogens with zero attached hydrogens (tertiary/aromatic N) is 7. The normalized spacial score (nSPS) is 20.6. The van der Waals surface area contributed by atoms with Gasteiger partial charge in [0.25, 0.3) is 0 Å². The topological polar surface area (TPSA) is 89.4 Å². The molecule has 2 aliphatic heterocycles. The molecule has 0 saturated carbocycles. The third-order valence-electron chi connectivity index (χ3n) is 6.25. The van der Waals surface area contributed by atoms with E-state index in [9.17, 15) is 0 Å². The Bertz CT molecular complexity index is 1110. The maximum Gasteiger partial charge on any atom is 0.197 e. The van der Waals surface area contributed by atoms with Gasteiger partial charge in [0.15, 0.2) is 11.6 Å². The van der Waals surface area contributed by atoms with Crippen molar-refractivity contribution in [3.8, 4) is 11.6 Å². The highest BCUT2D eigenvalue weighted by Crippen LogP contribution is 2.34. The van der Waals surface area contributed by atoms with Gasteiger partial charge in [0, 0.05) is 74.8 Å². The van der Waals surface area contributed by atoms with E-state index in [0.29, 0.717) is 24.9 Å². The molecular formula is C24H29N7O2. The number of hydrogen-bond acceptors (Lipinski definition) is 9. The predicted octanol–water partition coefficient (Wildman–Crippen LogP) is 2.61. The molecule has 0 aromatic carbocycles. The minimum atomic E-state index is 0.0846. The van der Waals surface area contributed by atoms with Crippen LogP contribution in [0.5, 0.6) is 0 Å². The summed E-state index contributed by atoms with van der Waals surface area (Å²) in [7, 11) is 1.71. The second kappa shape index (κ2) is 9.36. The fourth-order valence-corrected chi connectivity index (χ4v) is 4.60. The molecule has 2 unspecified atom stereocenters. The molecule has 0 aliphatic carbocycles. The summed E-state index contributed by atoms with van der Waals surface area (Å²) in [5, 5.41) is 0. The van der Waals surface area contributed by atoms with Crippen LogP contribution < -0.4 is 9.80 Å². The number of rotatable bonds is 5. The summed E-state index contributed by atoms with van der Waals surface area (Å²) < 4.78 is 11.1. The van der Waals surface area contributed by atoms with Crippen molar-refractivity contribution >= 4 is 11.5 Å². The van der Waals surface area contributed by atoms with Crippen LogP contribution in [0.3, 0.4) is 0 Å². The fourth-order valence-electron chi connectivity index (χ4n) is 4.60. The van der Waals surface area contributed by atoms with Crippen molar-refractivity contribution in [2.75, 3.05) is 49.8 Å². The number of anilines is 2. The van der Waals surface area contributed by atoms with Crippen LogP contribution in [-0.4, -0.2) is 71.0 Å². The van der Waals surface area contributed by atoms with Gasteiger partial charge in [-0.25, -0.2) is 24.9 Å². The van der Waals surface area contributed by atoms with E-state index in [1.807, 2.05) is 6.20 Å². The van der Waals surface area contributed by atoms with Crippen molar-refractivity contribution in [3.63, 3.8) is 0 Å². The number of fused-ring (bicyclic) bond motifs is 1. The molecule has 9 nitrogen and oxygen atoms in total. The molecule has 0 radical (unpaired) electrons. The van der Waals surface area contributed by atoms with E-state index in [1.54, 1.807) is 25.6 Å². The quantitative estimate of drug-likeness (QED) is 0.585. The van der Waals surface area contributed by atoms with Crippen LogP contribution in [-0.2, 0) is 15.9 Å². The summed E-state index contributed by atoms with van der Waals surface area (Å²) in [5.74, 6) is 2.11. The Morgan fingerprint density at radius 2 is 1.94 bits per heavy atom. The minimum Gasteiger partial charge on any atom is -0.382 e. The van der Waals surface area contributed by atoms with Gasteiger partial charge in [0.1, 0.15) is 5.82 Å². The first-order valence-corrected chi connectivity index (χ1v) is 11.4. The average molecular weight is 448 g/mol. The summed E-state index contributed by atoms with van der Waals surface area (Å²) in [6, 6.07) is 6.25. The van der Waals surface area contributed by atoms with Crippen molar-refractivity contribution in [3.05, 3.63) is 53.7 Å². The first-order chi connectivity index (χ1) is 16.1. The zero-order valence-corrected chi connectivity index (χ0v) is 19.3. The van der Waals surface area contributed by atoms with E-state index in [0.717, 1.165) is 48.8 Å². The van der Waals surface area contributed by atoms with Crippen LogP contribution in [0.4, 0.5) is 11.5 Å². The van der Waals surface area contributed by atoms with E-state index < -0.39 is 0 Å². The molecule has 33 heavy (non-hydrogen) atoms. The monoisotopic (exact) mass is 447 g/mol. The molecular weight excluding hydrogens is 418 g/mol. The molecule has 2 atom stereocenters. The van der Waals surface area contributed by atoms with Gasteiger partial charge in [-0.05, 0) is 26.0 Å². The predicted molar refractivity (Wildman–Crippen MR) is 125 cm³/mol. The van der Waals surface area contributed by atoms with E-state index >= 15 is 0 Å². The van der Waals surface area contributed by atoms with Crippen LogP contribution in [0.2, 0.25) is 0 Å². The van der Waals surface area contributed by atoms with E-state index in [2.05, 4.69) is 50.7 Å². The molecule has 3 aromatic rings. The molecule has 5 rings (SSSR count). The van der Waals surface area contributed by atoms with Crippen molar-refractivity contribution in [2.24, 2.45) is 0 Å². The van der Waals surface area contributed by atoms with E-state index in [-0.39, 0.29) is 12.1 Å². The molecule has 9 heteroatoms. The van der Waals surface area contributed by atoms with Crippen LogP contribution in [0, 0.1) is 6.92 Å². The minimum absolute atomic E-state index is 0.0846. The summed E-state index contributed by atoms with van der Waals surface area (Å²) >= 11 is 0. The number of pyridine rings is 1. The molecule has 0 bridgehead atoms. The highest BCUT2D eigenvalue weighted by atomic mass is 16.5. The number of aryl methyl sites for hydroxylation is 1. The van der Waals surface area contributed by atoms with Gasteiger partial charge in [-0.1, -0.05) is 0 Å². The fraction of sp³-hybridized carbons (Fsp3) is 0.458. The molecule has 5 heterocycles. The van der Waals surface area contributed by atoms with Gasteiger partial charge >= 0.3 is 0 Å². The highest BCUT2D eigenvalue weighted by Gasteiger charge is 2.28. The largest absolute Gasteiger partial charge is 0.382 e. The standard InChI is InChI=1S/C24H29N7O2/c1-16-11-18(30-9-10-33-19(14-30)15-32-3)12-22(28-16)31-8-5-21-20(17(31)2)13-27-24(29-21)23-25-6-4-7-26-23/h4,6-7,11-13,17,19H,5,8-10,14-15H2,1-3H3. The molecule has 172 valence electrons. The molecule has 0 N–H and O–H groups in total. The van der Waals surface area contributed by atoms with E-state index in [4.69, 9.17) is 19.4 Å². The molecule has 1 saturated heterocycles. The molecule has 3 aromatic heterocycles. The van der Waals surface area contributed by atoms with Crippen LogP contribution in [0.1, 0.15) is 29.9 Å². The third kappa shape index (κ3) is 4.51. The van der Waals surface area contributed by atoms with Crippen molar-refractivity contribution < 1.29 is 9.47 Å². The SMILES string of the molecule is COCC1CN(c2cc(C)nc(N3CCc4nc(-c5ncccn5)ncc4C3C)c2)CCO1. The highest BCUT2D eigenvalue weighted by molar-refractivity contribution is 5.58. The molecule has 1 fully saturated rings. The Balaban J connectivity index is 1.39. The summed E-state index contributed by atoms with van der Waals surface area (Å²) in [4.78, 5) is 27.5. The lowest BCUT2D eigenvalue weighted by atomic mass is 9.99. The maximum atomic E-state index is 5.83. The van der Waals surface area contributed by atoms with Crippen LogP contribution in [0.15, 0.2) is 36.8 Å². The van der Waals surface area contributed by atoms with Crippen LogP contribution >= 0.6 is 0 Å². The number of methoxy groups -OCH3 is 1. The lowest BCUT2D eigenvalue weighted by molar-refractivity contribution is -0.0100. The number of aromatic nitrogens is 5. The lowest BCUT2D eigenvalue weighted by Gasteiger charge is -2.37. The first-order valence-electron chi connectivity index (χ1n) is 11.4. The Hall–Kier alpha value is -3.17. The van der Waals surface area contributed by atoms with Gasteiger partial charge in [0.05, 0.1) is 31.1 Å². The molecule has 0 spiro atoms. The summed E-state index contributed by atoms with van der Waals surface area (Å²) in [6.45, 7) is 8.05.